The topological polar surface area (TPSA) is 45.0 Å². The maximum absolute atomic E-state index is 11.5. The molecule has 0 radical (unpaired) electrons. The minimum Gasteiger partial charge on any atom is -0.355 e. The largest absolute Gasteiger partial charge is 0.355 e. The number of sulfonamides is 1. The molecule has 0 N–H and O–H groups in total. The number of anilines is 1. The van der Waals surface area contributed by atoms with E-state index in [1.165, 1.54) is 10.6 Å². The van der Waals surface area contributed by atoms with E-state index in [0.717, 1.165) is 11.3 Å². The average Bonchev–Trinajstić information content (AvgIpc) is 2.85. The lowest BCUT2D eigenvalue weighted by Crippen LogP contribution is -2.48. The molecule has 0 atom stereocenters. The molecule has 108 valence electrons. The number of nitrogens with zero attached hydrogens (tertiary/aromatic N) is 3. The Bertz CT molecular complexity index is 733. The monoisotopic (exact) mass is 313 g/mol. The van der Waals surface area contributed by atoms with Gasteiger partial charge in [0, 0.05) is 42.9 Å². The summed E-state index contributed by atoms with van der Waals surface area (Å²) in [6.07, 6.45) is 3.25. The third kappa shape index (κ3) is 2.51. The molecule has 0 aliphatic carbocycles. The first-order chi connectivity index (χ1) is 9.45. The van der Waals surface area contributed by atoms with Crippen molar-refractivity contribution in [3.8, 4) is 0 Å². The van der Waals surface area contributed by atoms with Crippen LogP contribution in [0.5, 0.6) is 0 Å². The van der Waals surface area contributed by atoms with Gasteiger partial charge in [0.1, 0.15) is 5.82 Å². The predicted molar refractivity (Wildman–Crippen MR) is 81.0 cm³/mol. The molecule has 1 aliphatic heterocycles. The fraction of sp³-hybridized carbons (Fsp3) is 0.385. The maximum atomic E-state index is 11.5. The Hall–Kier alpha value is -1.24. The third-order valence-corrected chi connectivity index (χ3v) is 5.13. The second kappa shape index (κ2) is 4.95. The van der Waals surface area contributed by atoms with Gasteiger partial charge in [-0.05, 0) is 24.3 Å². The summed E-state index contributed by atoms with van der Waals surface area (Å²) >= 11 is 6.15. The highest BCUT2D eigenvalue weighted by Crippen LogP contribution is 2.25. The average molecular weight is 314 g/mol. The maximum Gasteiger partial charge on any atom is 0.211 e. The van der Waals surface area contributed by atoms with Crippen LogP contribution < -0.4 is 4.90 Å². The Labute approximate surface area is 123 Å². The predicted octanol–water partition coefficient (Wildman–Crippen LogP) is 1.67. The zero-order valence-electron chi connectivity index (χ0n) is 11.2. The van der Waals surface area contributed by atoms with Crippen LogP contribution >= 0.6 is 11.6 Å². The van der Waals surface area contributed by atoms with Crippen LogP contribution in [0, 0.1) is 0 Å². The van der Waals surface area contributed by atoms with Crippen molar-refractivity contribution in [2.75, 3.05) is 37.3 Å². The molecule has 3 rings (SSSR count). The highest BCUT2D eigenvalue weighted by Gasteiger charge is 2.24. The van der Waals surface area contributed by atoms with Crippen LogP contribution in [-0.2, 0) is 10.0 Å². The van der Waals surface area contributed by atoms with Gasteiger partial charge in [-0.2, -0.15) is 4.31 Å². The molecular formula is C13H16ClN3O2S. The molecule has 1 fully saturated rings. The van der Waals surface area contributed by atoms with E-state index in [9.17, 15) is 8.42 Å². The molecule has 0 bridgehead atoms. The quantitative estimate of drug-likeness (QED) is 0.847. The third-order valence-electron chi connectivity index (χ3n) is 3.61. The van der Waals surface area contributed by atoms with E-state index in [4.69, 9.17) is 11.6 Å². The Kier molecular flexibility index (Phi) is 3.40. The van der Waals surface area contributed by atoms with Crippen LogP contribution in [0.2, 0.25) is 5.02 Å². The lowest BCUT2D eigenvalue weighted by atomic mass is 10.3. The van der Waals surface area contributed by atoms with E-state index < -0.39 is 10.0 Å². The molecule has 0 amide bonds. The molecular weight excluding hydrogens is 298 g/mol. The molecule has 5 nitrogen and oxygen atoms in total. The van der Waals surface area contributed by atoms with Crippen LogP contribution in [0.4, 0.5) is 5.82 Å². The molecule has 0 spiro atoms. The fourth-order valence-corrected chi connectivity index (χ4v) is 3.62. The van der Waals surface area contributed by atoms with Gasteiger partial charge in [0.2, 0.25) is 10.0 Å². The van der Waals surface area contributed by atoms with Crippen molar-refractivity contribution in [3.05, 3.63) is 35.5 Å². The van der Waals surface area contributed by atoms with E-state index in [0.29, 0.717) is 31.2 Å². The molecule has 3 heterocycles. The van der Waals surface area contributed by atoms with E-state index in [1.54, 1.807) is 0 Å². The van der Waals surface area contributed by atoms with Crippen molar-refractivity contribution in [1.29, 1.82) is 0 Å². The van der Waals surface area contributed by atoms with Crippen LogP contribution in [0.15, 0.2) is 30.5 Å². The van der Waals surface area contributed by atoms with Crippen molar-refractivity contribution in [3.63, 3.8) is 0 Å². The van der Waals surface area contributed by atoms with E-state index >= 15 is 0 Å². The Morgan fingerprint density at radius 2 is 1.85 bits per heavy atom. The number of piperazine rings is 1. The van der Waals surface area contributed by atoms with Gasteiger partial charge in [-0.1, -0.05) is 11.6 Å². The molecule has 1 saturated heterocycles. The summed E-state index contributed by atoms with van der Waals surface area (Å²) in [5.74, 6) is 1.01. The fourth-order valence-electron chi connectivity index (χ4n) is 2.59. The Morgan fingerprint density at radius 3 is 2.50 bits per heavy atom. The highest BCUT2D eigenvalue weighted by atomic mass is 35.5. The molecule has 20 heavy (non-hydrogen) atoms. The minimum atomic E-state index is -3.10. The lowest BCUT2D eigenvalue weighted by molar-refractivity contribution is 0.386. The second-order valence-electron chi connectivity index (χ2n) is 4.98. The van der Waals surface area contributed by atoms with Crippen LogP contribution in [-0.4, -0.2) is 49.6 Å². The normalized spacial score (nSPS) is 17.8. The van der Waals surface area contributed by atoms with Crippen LogP contribution in [0.25, 0.3) is 5.52 Å². The smallest absolute Gasteiger partial charge is 0.211 e. The van der Waals surface area contributed by atoms with Gasteiger partial charge in [0.25, 0.3) is 0 Å². The first-order valence-electron chi connectivity index (χ1n) is 6.42. The minimum absolute atomic E-state index is 0.508. The number of fused-ring (bicyclic) bond motifs is 1. The molecule has 2 aromatic rings. The van der Waals surface area contributed by atoms with Gasteiger partial charge in [-0.15, -0.1) is 0 Å². The first-order valence-corrected chi connectivity index (χ1v) is 8.64. The number of aromatic nitrogens is 1. The molecule has 7 heteroatoms. The number of rotatable bonds is 2. The zero-order chi connectivity index (χ0) is 14.3. The second-order valence-corrected chi connectivity index (χ2v) is 7.40. The summed E-state index contributed by atoms with van der Waals surface area (Å²) in [5, 5.41) is 0.691. The van der Waals surface area contributed by atoms with E-state index in [2.05, 4.69) is 9.30 Å². The van der Waals surface area contributed by atoms with Gasteiger partial charge < -0.3 is 9.30 Å². The number of pyridine rings is 1. The van der Waals surface area contributed by atoms with Crippen molar-refractivity contribution in [1.82, 2.24) is 8.71 Å². The van der Waals surface area contributed by atoms with E-state index in [-0.39, 0.29) is 0 Å². The molecule has 0 aromatic carbocycles. The summed E-state index contributed by atoms with van der Waals surface area (Å²) in [5.41, 5.74) is 1.04. The summed E-state index contributed by atoms with van der Waals surface area (Å²) in [7, 11) is -3.10. The molecule has 0 saturated carbocycles. The van der Waals surface area contributed by atoms with Gasteiger partial charge in [0.15, 0.2) is 0 Å². The Balaban J connectivity index is 1.89. The Morgan fingerprint density at radius 1 is 1.15 bits per heavy atom. The summed E-state index contributed by atoms with van der Waals surface area (Å²) in [6.45, 7) is 2.35. The summed E-state index contributed by atoms with van der Waals surface area (Å²) in [4.78, 5) is 2.17. The van der Waals surface area contributed by atoms with E-state index in [1.807, 2.05) is 30.5 Å². The summed E-state index contributed by atoms with van der Waals surface area (Å²) in [6, 6.07) is 7.81. The lowest BCUT2D eigenvalue weighted by Gasteiger charge is -2.35. The molecule has 0 unspecified atom stereocenters. The number of hydrogen-bond acceptors (Lipinski definition) is 3. The van der Waals surface area contributed by atoms with Gasteiger partial charge in [-0.3, -0.25) is 0 Å². The first kappa shape index (κ1) is 13.7. The van der Waals surface area contributed by atoms with Gasteiger partial charge in [-0.25, -0.2) is 8.42 Å². The standard InChI is InChI=1S/C13H16ClN3O2S/c1-20(18,19)16-7-5-15(6-8-16)13-10-11(14)9-12-3-2-4-17(12)13/h2-4,9-10H,5-8H2,1H3. The van der Waals surface area contributed by atoms with Crippen LogP contribution in [0.1, 0.15) is 0 Å². The molecule has 1 aliphatic rings. The van der Waals surface area contributed by atoms with Crippen LogP contribution in [0.3, 0.4) is 0 Å². The highest BCUT2D eigenvalue weighted by molar-refractivity contribution is 7.88. The summed E-state index contributed by atoms with van der Waals surface area (Å²) < 4.78 is 26.7. The van der Waals surface area contributed by atoms with Crippen molar-refractivity contribution in [2.24, 2.45) is 0 Å². The number of hydrogen-bond donors (Lipinski definition) is 0. The van der Waals surface area contributed by atoms with Gasteiger partial charge >= 0.3 is 0 Å². The zero-order valence-corrected chi connectivity index (χ0v) is 12.7. The van der Waals surface area contributed by atoms with Crippen molar-refractivity contribution < 1.29 is 8.42 Å². The molecule has 2 aromatic heterocycles. The van der Waals surface area contributed by atoms with Gasteiger partial charge in [0.05, 0.1) is 6.26 Å². The van der Waals surface area contributed by atoms with Crippen molar-refractivity contribution >= 4 is 33.0 Å². The SMILES string of the molecule is CS(=O)(=O)N1CCN(c2cc(Cl)cc3cccn23)CC1. The number of halogens is 1. The van der Waals surface area contributed by atoms with Crippen molar-refractivity contribution in [2.45, 2.75) is 0 Å².